The lowest BCUT2D eigenvalue weighted by Gasteiger charge is -2.09. The summed E-state index contributed by atoms with van der Waals surface area (Å²) in [4.78, 5) is 24.8. The second-order valence-corrected chi connectivity index (χ2v) is 6.40. The number of anilines is 1. The first-order chi connectivity index (χ1) is 14.0. The number of ether oxygens (including phenoxy) is 1. The highest BCUT2D eigenvalue weighted by Crippen LogP contribution is 2.14. The summed E-state index contributed by atoms with van der Waals surface area (Å²) >= 11 is 0. The van der Waals surface area contributed by atoms with Gasteiger partial charge in [0.05, 0.1) is 7.11 Å². The van der Waals surface area contributed by atoms with Gasteiger partial charge in [0.25, 0.3) is 11.8 Å². The molecule has 0 saturated carbocycles. The van der Waals surface area contributed by atoms with Gasteiger partial charge in [-0.25, -0.2) is 4.39 Å². The van der Waals surface area contributed by atoms with Crippen molar-refractivity contribution in [3.05, 3.63) is 95.3 Å². The van der Waals surface area contributed by atoms with Crippen LogP contribution >= 0.6 is 0 Å². The van der Waals surface area contributed by atoms with Crippen LogP contribution in [0.1, 0.15) is 26.3 Å². The summed E-state index contributed by atoms with van der Waals surface area (Å²) < 4.78 is 18.5. The molecule has 0 spiro atoms. The third-order valence-corrected chi connectivity index (χ3v) is 4.30. The third-order valence-electron chi connectivity index (χ3n) is 4.30. The molecular formula is C23H21FN2O3. The van der Waals surface area contributed by atoms with Gasteiger partial charge in [0.1, 0.15) is 11.6 Å². The highest BCUT2D eigenvalue weighted by atomic mass is 19.1. The molecule has 3 aromatic rings. The monoisotopic (exact) mass is 392 g/mol. The van der Waals surface area contributed by atoms with Crippen LogP contribution in [0, 0.1) is 5.82 Å². The van der Waals surface area contributed by atoms with Gasteiger partial charge >= 0.3 is 0 Å². The zero-order valence-corrected chi connectivity index (χ0v) is 15.9. The Bertz CT molecular complexity index is 1020. The van der Waals surface area contributed by atoms with E-state index in [1.165, 1.54) is 24.3 Å². The predicted molar refractivity (Wildman–Crippen MR) is 110 cm³/mol. The number of rotatable bonds is 7. The van der Waals surface area contributed by atoms with Crippen molar-refractivity contribution in [3.8, 4) is 5.75 Å². The molecule has 0 aliphatic heterocycles. The minimum atomic E-state index is -0.438. The van der Waals surface area contributed by atoms with Gasteiger partial charge in [-0.15, -0.1) is 0 Å². The van der Waals surface area contributed by atoms with Crippen molar-refractivity contribution in [1.29, 1.82) is 0 Å². The maximum atomic E-state index is 13.3. The second-order valence-electron chi connectivity index (χ2n) is 6.40. The molecule has 0 saturated heterocycles. The average molecular weight is 392 g/mol. The molecule has 0 fully saturated rings. The van der Waals surface area contributed by atoms with Gasteiger partial charge in [-0.3, -0.25) is 9.59 Å². The average Bonchev–Trinajstić information content (AvgIpc) is 2.74. The van der Waals surface area contributed by atoms with Gasteiger partial charge in [0, 0.05) is 23.4 Å². The zero-order chi connectivity index (χ0) is 20.6. The number of methoxy groups -OCH3 is 1. The molecule has 0 atom stereocenters. The van der Waals surface area contributed by atoms with Crippen LogP contribution in [0.5, 0.6) is 5.75 Å². The Kier molecular flexibility index (Phi) is 6.58. The number of hydrogen-bond donors (Lipinski definition) is 2. The molecule has 0 aromatic heterocycles. The highest BCUT2D eigenvalue weighted by molar-refractivity contribution is 6.06. The van der Waals surface area contributed by atoms with Crippen LogP contribution < -0.4 is 15.4 Å². The van der Waals surface area contributed by atoms with Crippen molar-refractivity contribution in [3.63, 3.8) is 0 Å². The van der Waals surface area contributed by atoms with Crippen LogP contribution in [0.3, 0.4) is 0 Å². The number of nitrogens with one attached hydrogen (secondary N) is 2. The fourth-order valence-corrected chi connectivity index (χ4v) is 2.82. The molecule has 5 nitrogen and oxygen atoms in total. The SMILES string of the molecule is COc1cccc(CCNC(=O)c2cccc(C(=O)Nc3cccc(F)c3)c2)c1. The van der Waals surface area contributed by atoms with Crippen LogP contribution in [0.2, 0.25) is 0 Å². The van der Waals surface area contributed by atoms with Crippen LogP contribution in [0.25, 0.3) is 0 Å². The summed E-state index contributed by atoms with van der Waals surface area (Å²) in [5, 5.41) is 5.47. The van der Waals surface area contributed by atoms with Crippen molar-refractivity contribution in [2.24, 2.45) is 0 Å². The second kappa shape index (κ2) is 9.50. The number of carbonyl (C=O) groups excluding carboxylic acids is 2. The summed E-state index contributed by atoms with van der Waals surface area (Å²) in [5.74, 6) is -0.354. The highest BCUT2D eigenvalue weighted by Gasteiger charge is 2.11. The van der Waals surface area contributed by atoms with E-state index in [-0.39, 0.29) is 5.91 Å². The number of carbonyl (C=O) groups is 2. The zero-order valence-electron chi connectivity index (χ0n) is 15.9. The van der Waals surface area contributed by atoms with Gasteiger partial charge < -0.3 is 15.4 Å². The summed E-state index contributed by atoms with van der Waals surface area (Å²) in [7, 11) is 1.61. The van der Waals surface area contributed by atoms with Crippen molar-refractivity contribution in [2.45, 2.75) is 6.42 Å². The maximum Gasteiger partial charge on any atom is 0.255 e. The first kappa shape index (κ1) is 20.1. The lowest BCUT2D eigenvalue weighted by atomic mass is 10.1. The molecule has 0 radical (unpaired) electrons. The van der Waals surface area contributed by atoms with Gasteiger partial charge in [0.15, 0.2) is 0 Å². The van der Waals surface area contributed by atoms with E-state index in [9.17, 15) is 14.0 Å². The Morgan fingerprint density at radius 3 is 2.38 bits per heavy atom. The van der Waals surface area contributed by atoms with Gasteiger partial charge in [-0.1, -0.05) is 24.3 Å². The summed E-state index contributed by atoms with van der Waals surface area (Å²) in [5.41, 5.74) is 2.09. The molecule has 0 aliphatic rings. The third kappa shape index (κ3) is 5.65. The number of halogens is 1. The molecule has 148 valence electrons. The molecule has 3 rings (SSSR count). The molecule has 0 bridgehead atoms. The van der Waals surface area contributed by atoms with Crippen LogP contribution in [0.4, 0.5) is 10.1 Å². The summed E-state index contributed by atoms with van der Waals surface area (Å²) in [6.07, 6.45) is 0.655. The van der Waals surface area contributed by atoms with E-state index in [4.69, 9.17) is 4.74 Å². The van der Waals surface area contributed by atoms with Gasteiger partial charge in [-0.05, 0) is 60.5 Å². The topological polar surface area (TPSA) is 67.4 Å². The van der Waals surface area contributed by atoms with Crippen LogP contribution in [-0.2, 0) is 6.42 Å². The quantitative estimate of drug-likeness (QED) is 0.637. The predicted octanol–water partition coefficient (Wildman–Crippen LogP) is 4.06. The fourth-order valence-electron chi connectivity index (χ4n) is 2.82. The lowest BCUT2D eigenvalue weighted by molar-refractivity contribution is 0.0954. The molecule has 0 unspecified atom stereocenters. The normalized spacial score (nSPS) is 10.3. The number of benzene rings is 3. The van der Waals surface area contributed by atoms with Crippen molar-refractivity contribution in [2.75, 3.05) is 19.0 Å². The Labute approximate surface area is 168 Å². The van der Waals surface area contributed by atoms with Gasteiger partial charge in [0.2, 0.25) is 0 Å². The van der Waals surface area contributed by atoms with Gasteiger partial charge in [-0.2, -0.15) is 0 Å². The maximum absolute atomic E-state index is 13.3. The van der Waals surface area contributed by atoms with E-state index >= 15 is 0 Å². The smallest absolute Gasteiger partial charge is 0.255 e. The number of hydrogen-bond acceptors (Lipinski definition) is 3. The Morgan fingerprint density at radius 2 is 1.62 bits per heavy atom. The minimum absolute atomic E-state index is 0.270. The van der Waals surface area contributed by atoms with Crippen LogP contribution in [0.15, 0.2) is 72.8 Å². The first-order valence-corrected chi connectivity index (χ1v) is 9.13. The van der Waals surface area contributed by atoms with Crippen LogP contribution in [-0.4, -0.2) is 25.5 Å². The molecule has 3 aromatic carbocycles. The van der Waals surface area contributed by atoms with E-state index in [0.29, 0.717) is 29.8 Å². The molecule has 0 aliphatic carbocycles. The molecular weight excluding hydrogens is 371 g/mol. The fraction of sp³-hybridized carbons (Fsp3) is 0.130. The minimum Gasteiger partial charge on any atom is -0.497 e. The molecule has 2 N–H and O–H groups in total. The van der Waals surface area contributed by atoms with E-state index in [1.54, 1.807) is 31.4 Å². The Balaban J connectivity index is 1.59. The van der Waals surface area contributed by atoms with E-state index in [2.05, 4.69) is 10.6 Å². The lowest BCUT2D eigenvalue weighted by Crippen LogP contribution is -2.26. The van der Waals surface area contributed by atoms with E-state index in [0.717, 1.165) is 11.3 Å². The molecule has 29 heavy (non-hydrogen) atoms. The standard InChI is InChI=1S/C23H21FN2O3/c1-29-21-10-2-5-16(13-21)11-12-25-22(27)17-6-3-7-18(14-17)23(28)26-20-9-4-8-19(24)15-20/h2-10,13-15H,11-12H2,1H3,(H,25,27)(H,26,28). The summed E-state index contributed by atoms with van der Waals surface area (Å²) in [6.45, 7) is 0.450. The largest absolute Gasteiger partial charge is 0.497 e. The van der Waals surface area contributed by atoms with Crippen molar-refractivity contribution < 1.29 is 18.7 Å². The first-order valence-electron chi connectivity index (χ1n) is 9.13. The molecule has 6 heteroatoms. The molecule has 0 heterocycles. The van der Waals surface area contributed by atoms with E-state index in [1.807, 2.05) is 24.3 Å². The Morgan fingerprint density at radius 1 is 0.897 bits per heavy atom. The van der Waals surface area contributed by atoms with Crippen molar-refractivity contribution in [1.82, 2.24) is 5.32 Å². The van der Waals surface area contributed by atoms with E-state index < -0.39 is 11.7 Å². The summed E-state index contributed by atoms with van der Waals surface area (Å²) in [6, 6.07) is 19.7. The van der Waals surface area contributed by atoms with Crippen molar-refractivity contribution >= 4 is 17.5 Å². The molecule has 2 amide bonds. The number of amides is 2. The Hall–Kier alpha value is -3.67.